The summed E-state index contributed by atoms with van der Waals surface area (Å²) in [6.45, 7) is -0.777. The van der Waals surface area contributed by atoms with Crippen LogP contribution in [0.5, 0.6) is 0 Å². The van der Waals surface area contributed by atoms with Crippen molar-refractivity contribution < 1.29 is 13.2 Å². The molecule has 0 radical (unpaired) electrons. The van der Waals surface area contributed by atoms with E-state index in [1.165, 1.54) is 12.3 Å². The third-order valence-corrected chi connectivity index (χ3v) is 2.27. The van der Waals surface area contributed by atoms with Gasteiger partial charge in [-0.1, -0.05) is 0 Å². The molecule has 0 spiro atoms. The molecule has 1 aromatic heterocycles. The van der Waals surface area contributed by atoms with E-state index in [2.05, 4.69) is 20.9 Å². The van der Waals surface area contributed by atoms with Gasteiger partial charge in [0.25, 0.3) is 0 Å². The van der Waals surface area contributed by atoms with Gasteiger partial charge in [-0.3, -0.25) is 0 Å². The number of nitrogens with zero attached hydrogens (tertiary/aromatic N) is 2. The molecule has 0 saturated heterocycles. The second kappa shape index (κ2) is 5.49. The van der Waals surface area contributed by atoms with Gasteiger partial charge in [0.2, 0.25) is 0 Å². The first-order chi connectivity index (χ1) is 7.42. The van der Waals surface area contributed by atoms with Gasteiger partial charge in [-0.05, 0) is 28.1 Å². The molecule has 0 aliphatic rings. The maximum atomic E-state index is 12.3. The molecule has 1 rings (SSSR count). The molecule has 1 aromatic rings. The van der Waals surface area contributed by atoms with E-state index in [1.54, 1.807) is 6.07 Å². The average Bonchev–Trinajstić information content (AvgIpc) is 2.16. The number of rotatable bonds is 4. The number of aromatic nitrogens is 1. The van der Waals surface area contributed by atoms with E-state index in [1.807, 2.05) is 0 Å². The van der Waals surface area contributed by atoms with Gasteiger partial charge in [0.15, 0.2) is 0 Å². The van der Waals surface area contributed by atoms with Crippen LogP contribution in [-0.2, 0) is 0 Å². The zero-order chi connectivity index (χ0) is 12.2. The minimum Gasteiger partial charge on any atom is -0.346 e. The molecule has 3 nitrogen and oxygen atoms in total. The highest BCUT2D eigenvalue weighted by Gasteiger charge is 2.31. The molecule has 0 aromatic carbocycles. The summed E-state index contributed by atoms with van der Waals surface area (Å²) in [7, 11) is 0. The van der Waals surface area contributed by atoms with Crippen molar-refractivity contribution in [2.24, 2.45) is 5.73 Å². The summed E-state index contributed by atoms with van der Waals surface area (Å²) in [4.78, 5) is 5.01. The lowest BCUT2D eigenvalue weighted by molar-refractivity contribution is -0.119. The second-order valence-electron chi connectivity index (χ2n) is 3.16. The van der Waals surface area contributed by atoms with Crippen molar-refractivity contribution in [2.45, 2.75) is 6.18 Å². The highest BCUT2D eigenvalue weighted by molar-refractivity contribution is 9.10. The fourth-order valence-corrected chi connectivity index (χ4v) is 1.44. The number of hydrogen-bond acceptors (Lipinski definition) is 3. The molecule has 0 unspecified atom stereocenters. The van der Waals surface area contributed by atoms with Crippen LogP contribution in [0.25, 0.3) is 0 Å². The SMILES string of the molecule is NCCN(CC(F)(F)F)c1ccc(Br)cn1. The van der Waals surface area contributed by atoms with E-state index in [-0.39, 0.29) is 18.9 Å². The Balaban J connectivity index is 2.80. The fourth-order valence-electron chi connectivity index (χ4n) is 1.20. The molecule has 0 bridgehead atoms. The summed E-state index contributed by atoms with van der Waals surface area (Å²) < 4.78 is 37.5. The molecule has 0 fully saturated rings. The number of nitrogens with two attached hydrogens (primary N) is 1. The van der Waals surface area contributed by atoms with Crippen molar-refractivity contribution in [3.63, 3.8) is 0 Å². The van der Waals surface area contributed by atoms with Crippen LogP contribution in [0.2, 0.25) is 0 Å². The molecular formula is C9H11BrF3N3. The van der Waals surface area contributed by atoms with E-state index in [4.69, 9.17) is 5.73 Å². The molecule has 16 heavy (non-hydrogen) atoms. The molecule has 0 saturated carbocycles. The Morgan fingerprint density at radius 3 is 2.50 bits per heavy atom. The van der Waals surface area contributed by atoms with Crippen molar-refractivity contribution in [1.29, 1.82) is 0 Å². The number of halogens is 4. The van der Waals surface area contributed by atoms with E-state index in [9.17, 15) is 13.2 Å². The highest BCUT2D eigenvalue weighted by Crippen LogP contribution is 2.21. The molecular weight excluding hydrogens is 287 g/mol. The first kappa shape index (κ1) is 13.2. The van der Waals surface area contributed by atoms with Crippen molar-refractivity contribution in [3.8, 4) is 0 Å². The number of alkyl halides is 3. The van der Waals surface area contributed by atoms with Crippen LogP contribution < -0.4 is 10.6 Å². The van der Waals surface area contributed by atoms with Gasteiger partial charge in [0.1, 0.15) is 12.4 Å². The normalized spacial score (nSPS) is 11.6. The van der Waals surface area contributed by atoms with Gasteiger partial charge in [-0.25, -0.2) is 4.98 Å². The summed E-state index contributed by atoms with van der Waals surface area (Å²) in [6, 6.07) is 3.16. The van der Waals surface area contributed by atoms with Gasteiger partial charge in [0, 0.05) is 23.8 Å². The van der Waals surface area contributed by atoms with Crippen LogP contribution in [0.3, 0.4) is 0 Å². The molecule has 7 heteroatoms. The fraction of sp³-hybridized carbons (Fsp3) is 0.444. The third kappa shape index (κ3) is 4.36. The Kier molecular flexibility index (Phi) is 4.55. The third-order valence-electron chi connectivity index (χ3n) is 1.80. The van der Waals surface area contributed by atoms with Gasteiger partial charge in [-0.2, -0.15) is 13.2 Å². The second-order valence-corrected chi connectivity index (χ2v) is 4.08. The predicted molar refractivity (Wildman–Crippen MR) is 59.3 cm³/mol. The maximum absolute atomic E-state index is 12.3. The Bertz CT molecular complexity index is 326. The first-order valence-corrected chi connectivity index (χ1v) is 5.35. The summed E-state index contributed by atoms with van der Waals surface area (Å²) in [5.41, 5.74) is 5.27. The monoisotopic (exact) mass is 297 g/mol. The zero-order valence-corrected chi connectivity index (χ0v) is 9.92. The number of anilines is 1. The quantitative estimate of drug-likeness (QED) is 0.926. The lowest BCUT2D eigenvalue weighted by atomic mass is 10.4. The van der Waals surface area contributed by atoms with Crippen LogP contribution in [-0.4, -0.2) is 30.8 Å². The minimum absolute atomic E-state index is 0.119. The molecule has 2 N–H and O–H groups in total. The lowest BCUT2D eigenvalue weighted by Crippen LogP contribution is -2.38. The maximum Gasteiger partial charge on any atom is 0.405 e. The standard InChI is InChI=1S/C9H11BrF3N3/c10-7-1-2-8(15-5-7)16(4-3-14)6-9(11,12)13/h1-2,5H,3-4,6,14H2. The van der Waals surface area contributed by atoms with Gasteiger partial charge >= 0.3 is 6.18 Å². The smallest absolute Gasteiger partial charge is 0.346 e. The summed E-state index contributed by atoms with van der Waals surface area (Å²) in [5, 5.41) is 0. The number of pyridine rings is 1. The van der Waals surface area contributed by atoms with Crippen molar-refractivity contribution in [3.05, 3.63) is 22.8 Å². The van der Waals surface area contributed by atoms with Crippen LogP contribution in [0.1, 0.15) is 0 Å². The topological polar surface area (TPSA) is 42.1 Å². The summed E-state index contributed by atoms with van der Waals surface area (Å²) in [5.74, 6) is 0.269. The minimum atomic E-state index is -4.26. The van der Waals surface area contributed by atoms with Crippen LogP contribution in [0.15, 0.2) is 22.8 Å². The molecule has 0 atom stereocenters. The zero-order valence-electron chi connectivity index (χ0n) is 8.34. The van der Waals surface area contributed by atoms with Crippen LogP contribution in [0, 0.1) is 0 Å². The van der Waals surface area contributed by atoms with Gasteiger partial charge in [0.05, 0.1) is 0 Å². The van der Waals surface area contributed by atoms with Crippen molar-refractivity contribution >= 4 is 21.7 Å². The predicted octanol–water partition coefficient (Wildman–Crippen LogP) is 2.17. The van der Waals surface area contributed by atoms with E-state index >= 15 is 0 Å². The molecule has 90 valence electrons. The van der Waals surface area contributed by atoms with Crippen molar-refractivity contribution in [2.75, 3.05) is 24.5 Å². The van der Waals surface area contributed by atoms with Gasteiger partial charge < -0.3 is 10.6 Å². The summed E-state index contributed by atoms with van der Waals surface area (Å²) >= 11 is 3.17. The van der Waals surface area contributed by atoms with Crippen LogP contribution in [0.4, 0.5) is 19.0 Å². The van der Waals surface area contributed by atoms with E-state index < -0.39 is 12.7 Å². The lowest BCUT2D eigenvalue weighted by Gasteiger charge is -2.24. The average molecular weight is 298 g/mol. The molecule has 0 aliphatic carbocycles. The van der Waals surface area contributed by atoms with E-state index in [0.717, 1.165) is 9.37 Å². The largest absolute Gasteiger partial charge is 0.405 e. The number of hydrogen-bond donors (Lipinski definition) is 1. The Morgan fingerprint density at radius 1 is 1.38 bits per heavy atom. The van der Waals surface area contributed by atoms with Crippen LogP contribution >= 0.6 is 15.9 Å². The molecule has 0 amide bonds. The molecule has 1 heterocycles. The molecule has 0 aliphatic heterocycles. The Labute approximate surface area is 99.6 Å². The van der Waals surface area contributed by atoms with E-state index in [0.29, 0.717) is 0 Å². The van der Waals surface area contributed by atoms with Crippen molar-refractivity contribution in [1.82, 2.24) is 4.98 Å². The highest BCUT2D eigenvalue weighted by atomic mass is 79.9. The Morgan fingerprint density at radius 2 is 2.06 bits per heavy atom. The van der Waals surface area contributed by atoms with Gasteiger partial charge in [-0.15, -0.1) is 0 Å². The first-order valence-electron chi connectivity index (χ1n) is 4.55. The Hall–Kier alpha value is -0.820. The summed E-state index contributed by atoms with van der Waals surface area (Å²) in [6.07, 6.45) is -2.81.